The second-order valence-corrected chi connectivity index (χ2v) is 5.97. The van der Waals surface area contributed by atoms with Crippen molar-refractivity contribution in [2.24, 2.45) is 5.10 Å². The molecule has 0 radical (unpaired) electrons. The monoisotopic (exact) mass is 391 g/mol. The zero-order valence-electron chi connectivity index (χ0n) is 13.3. The Morgan fingerprint density at radius 2 is 2.04 bits per heavy atom. The van der Waals surface area contributed by atoms with Crippen LogP contribution in [0.4, 0.5) is 5.69 Å². The standard InChI is InChI=1S/C17H18BrN3O3/c1-11-3-5-14(6-4-11)19-10-16(22)21-20-9-12-7-13(18)8-15(24-2)17(12)23/h3-9,19,23H,10H2,1-2H3,(H,21,22). The molecule has 2 rings (SSSR count). The van der Waals surface area contributed by atoms with E-state index in [-0.39, 0.29) is 18.2 Å². The maximum atomic E-state index is 11.8. The highest BCUT2D eigenvalue weighted by Crippen LogP contribution is 2.32. The minimum Gasteiger partial charge on any atom is -0.504 e. The molecule has 0 aliphatic carbocycles. The zero-order chi connectivity index (χ0) is 17.5. The lowest BCUT2D eigenvalue weighted by Gasteiger charge is -2.07. The fourth-order valence-corrected chi connectivity index (χ4v) is 2.37. The van der Waals surface area contributed by atoms with Crippen molar-refractivity contribution in [2.45, 2.75) is 6.92 Å². The van der Waals surface area contributed by atoms with Gasteiger partial charge in [-0.3, -0.25) is 4.79 Å². The minimum atomic E-state index is -0.298. The first-order valence-corrected chi connectivity index (χ1v) is 7.98. The van der Waals surface area contributed by atoms with Gasteiger partial charge in [-0.2, -0.15) is 5.10 Å². The first-order valence-electron chi connectivity index (χ1n) is 7.18. The third kappa shape index (κ3) is 4.99. The molecule has 0 spiro atoms. The van der Waals surface area contributed by atoms with Crippen molar-refractivity contribution in [3.63, 3.8) is 0 Å². The van der Waals surface area contributed by atoms with Crippen molar-refractivity contribution in [2.75, 3.05) is 19.0 Å². The first kappa shape index (κ1) is 17.8. The Balaban J connectivity index is 1.90. The molecular weight excluding hydrogens is 374 g/mol. The summed E-state index contributed by atoms with van der Waals surface area (Å²) in [6, 6.07) is 11.0. The van der Waals surface area contributed by atoms with E-state index in [1.165, 1.54) is 13.3 Å². The lowest BCUT2D eigenvalue weighted by atomic mass is 10.2. The molecular formula is C17H18BrN3O3. The number of amides is 1. The van der Waals surface area contributed by atoms with E-state index in [9.17, 15) is 9.90 Å². The molecule has 3 N–H and O–H groups in total. The van der Waals surface area contributed by atoms with Gasteiger partial charge in [-0.15, -0.1) is 0 Å². The molecule has 0 aliphatic heterocycles. The fourth-order valence-electron chi connectivity index (χ4n) is 1.92. The molecule has 0 aromatic heterocycles. The predicted molar refractivity (Wildman–Crippen MR) is 97.8 cm³/mol. The molecule has 0 heterocycles. The number of nitrogens with one attached hydrogen (secondary N) is 2. The predicted octanol–water partition coefficient (Wildman–Crippen LogP) is 3.03. The van der Waals surface area contributed by atoms with Crippen molar-refractivity contribution >= 4 is 33.7 Å². The number of aromatic hydroxyl groups is 1. The van der Waals surface area contributed by atoms with E-state index in [1.807, 2.05) is 31.2 Å². The molecule has 2 aromatic rings. The number of ether oxygens (including phenoxy) is 1. The lowest BCUT2D eigenvalue weighted by Crippen LogP contribution is -2.25. The first-order chi connectivity index (χ1) is 11.5. The largest absolute Gasteiger partial charge is 0.504 e. The van der Waals surface area contributed by atoms with Crippen LogP contribution in [0.5, 0.6) is 11.5 Å². The number of anilines is 1. The summed E-state index contributed by atoms with van der Waals surface area (Å²) in [7, 11) is 1.46. The van der Waals surface area contributed by atoms with Crippen LogP contribution in [0.25, 0.3) is 0 Å². The Hall–Kier alpha value is -2.54. The number of hydrogen-bond donors (Lipinski definition) is 3. The summed E-state index contributed by atoms with van der Waals surface area (Å²) in [6.45, 7) is 2.09. The highest BCUT2D eigenvalue weighted by molar-refractivity contribution is 9.10. The number of carbonyl (C=O) groups excluding carboxylic acids is 1. The lowest BCUT2D eigenvalue weighted by molar-refractivity contribution is -0.119. The van der Waals surface area contributed by atoms with Crippen LogP contribution in [0.1, 0.15) is 11.1 Å². The number of aryl methyl sites for hydroxylation is 1. The Bertz CT molecular complexity index is 745. The van der Waals surface area contributed by atoms with Gasteiger partial charge in [0.05, 0.1) is 19.9 Å². The van der Waals surface area contributed by atoms with Crippen LogP contribution in [-0.4, -0.2) is 30.9 Å². The van der Waals surface area contributed by atoms with Gasteiger partial charge in [-0.05, 0) is 31.2 Å². The van der Waals surface area contributed by atoms with E-state index in [0.717, 1.165) is 15.7 Å². The molecule has 126 valence electrons. The van der Waals surface area contributed by atoms with Crippen molar-refractivity contribution in [3.05, 3.63) is 52.0 Å². The maximum Gasteiger partial charge on any atom is 0.259 e. The van der Waals surface area contributed by atoms with E-state index in [0.29, 0.717) is 11.3 Å². The average Bonchev–Trinajstić information content (AvgIpc) is 2.57. The normalized spacial score (nSPS) is 10.6. The number of rotatable bonds is 6. The smallest absolute Gasteiger partial charge is 0.259 e. The van der Waals surface area contributed by atoms with Gasteiger partial charge in [-0.25, -0.2) is 5.43 Å². The van der Waals surface area contributed by atoms with E-state index in [1.54, 1.807) is 12.1 Å². The number of phenolic OH excluding ortho intramolecular Hbond substituents is 1. The highest BCUT2D eigenvalue weighted by Gasteiger charge is 2.08. The van der Waals surface area contributed by atoms with Crippen LogP contribution in [-0.2, 0) is 4.79 Å². The van der Waals surface area contributed by atoms with Crippen LogP contribution in [0.2, 0.25) is 0 Å². The molecule has 6 nitrogen and oxygen atoms in total. The number of halogens is 1. The highest BCUT2D eigenvalue weighted by atomic mass is 79.9. The minimum absolute atomic E-state index is 0.0449. The maximum absolute atomic E-state index is 11.8. The molecule has 0 aliphatic rings. The molecule has 2 aromatic carbocycles. The summed E-state index contributed by atoms with van der Waals surface area (Å²) < 4.78 is 5.78. The van der Waals surface area contributed by atoms with Crippen LogP contribution >= 0.6 is 15.9 Å². The third-order valence-corrected chi connectivity index (χ3v) is 3.64. The van der Waals surface area contributed by atoms with Gasteiger partial charge in [0.1, 0.15) is 0 Å². The summed E-state index contributed by atoms with van der Waals surface area (Å²) in [4.78, 5) is 11.8. The Morgan fingerprint density at radius 1 is 1.33 bits per heavy atom. The van der Waals surface area contributed by atoms with E-state index in [4.69, 9.17) is 4.74 Å². The Labute approximate surface area is 148 Å². The van der Waals surface area contributed by atoms with Gasteiger partial charge < -0.3 is 15.2 Å². The Kier molecular flexibility index (Phi) is 6.20. The third-order valence-electron chi connectivity index (χ3n) is 3.19. The number of hydrazone groups is 1. The SMILES string of the molecule is COc1cc(Br)cc(C=NNC(=O)CNc2ccc(C)cc2)c1O. The van der Waals surface area contributed by atoms with Crippen molar-refractivity contribution < 1.29 is 14.6 Å². The number of benzene rings is 2. The zero-order valence-corrected chi connectivity index (χ0v) is 14.9. The van der Waals surface area contributed by atoms with E-state index in [2.05, 4.69) is 31.8 Å². The van der Waals surface area contributed by atoms with Crippen molar-refractivity contribution in [1.29, 1.82) is 0 Å². The molecule has 1 amide bonds. The van der Waals surface area contributed by atoms with Gasteiger partial charge in [-0.1, -0.05) is 33.6 Å². The molecule has 0 unspecified atom stereocenters. The van der Waals surface area contributed by atoms with Gasteiger partial charge in [0.15, 0.2) is 11.5 Å². The average molecular weight is 392 g/mol. The molecule has 24 heavy (non-hydrogen) atoms. The molecule has 0 saturated heterocycles. The summed E-state index contributed by atoms with van der Waals surface area (Å²) in [6.07, 6.45) is 1.35. The van der Waals surface area contributed by atoms with Crippen LogP contribution in [0.3, 0.4) is 0 Å². The van der Waals surface area contributed by atoms with E-state index >= 15 is 0 Å². The van der Waals surface area contributed by atoms with Gasteiger partial charge >= 0.3 is 0 Å². The Morgan fingerprint density at radius 3 is 2.71 bits per heavy atom. The number of methoxy groups -OCH3 is 1. The van der Waals surface area contributed by atoms with Crippen molar-refractivity contribution in [3.8, 4) is 11.5 Å². The summed E-state index contributed by atoms with van der Waals surface area (Å²) >= 11 is 3.31. The van der Waals surface area contributed by atoms with E-state index < -0.39 is 0 Å². The van der Waals surface area contributed by atoms with Crippen LogP contribution < -0.4 is 15.5 Å². The summed E-state index contributed by atoms with van der Waals surface area (Å²) in [5.74, 6) is -0.0251. The molecule has 0 saturated carbocycles. The molecule has 0 bridgehead atoms. The van der Waals surface area contributed by atoms with Crippen molar-refractivity contribution in [1.82, 2.24) is 5.43 Å². The summed E-state index contributed by atoms with van der Waals surface area (Å²) in [5.41, 5.74) is 4.83. The number of hydrogen-bond acceptors (Lipinski definition) is 5. The number of phenols is 1. The van der Waals surface area contributed by atoms with Gasteiger partial charge in [0, 0.05) is 15.7 Å². The second kappa shape index (κ2) is 8.35. The summed E-state index contributed by atoms with van der Waals surface area (Å²) in [5, 5.41) is 16.8. The molecule has 7 heteroatoms. The van der Waals surface area contributed by atoms with Crippen LogP contribution in [0, 0.1) is 6.92 Å². The van der Waals surface area contributed by atoms with Crippen LogP contribution in [0.15, 0.2) is 46.0 Å². The molecule has 0 fully saturated rings. The number of carbonyl (C=O) groups is 1. The quantitative estimate of drug-likeness (QED) is 0.521. The second-order valence-electron chi connectivity index (χ2n) is 5.06. The fraction of sp³-hybridized carbons (Fsp3) is 0.176. The topological polar surface area (TPSA) is 83.0 Å². The molecule has 0 atom stereocenters. The van der Waals surface area contributed by atoms with Gasteiger partial charge in [0.2, 0.25) is 0 Å². The number of nitrogens with zero attached hydrogens (tertiary/aromatic N) is 1. The van der Waals surface area contributed by atoms with Gasteiger partial charge in [0.25, 0.3) is 5.91 Å².